The molecule has 0 nitrogen and oxygen atoms in total. The Hall–Kier alpha value is -3.42. The Balaban J connectivity index is 1.37. The first-order valence-electron chi connectivity index (χ1n) is 16.5. The molecule has 1 aliphatic heterocycles. The second kappa shape index (κ2) is 9.54. The Bertz CT molecular complexity index is 1890. The molecule has 4 aromatic carbocycles. The molecule has 0 amide bonds. The van der Waals surface area contributed by atoms with Gasteiger partial charge in [-0.05, 0) is 103 Å². The summed E-state index contributed by atoms with van der Waals surface area (Å²) in [5.74, 6) is 0.767. The van der Waals surface area contributed by atoms with Gasteiger partial charge in [0, 0.05) is 11.8 Å². The molecule has 0 aromatic heterocycles. The molecular formula is C43H48Si. The van der Waals surface area contributed by atoms with Crippen LogP contribution in [0.2, 0.25) is 13.1 Å². The van der Waals surface area contributed by atoms with Crippen molar-refractivity contribution in [2.24, 2.45) is 0 Å². The SMILES string of the molecule is CC1=C(C)C(C2C(C)=C3c4c2ccc(c4-c2ccc(C(C)(C)C)cc2)[Si]3(C)C)c2cccc(-c3ccc(C(C)(C)C)cc3)c21. The van der Waals surface area contributed by atoms with Crippen molar-refractivity contribution in [3.8, 4) is 22.3 Å². The fourth-order valence-electron chi connectivity index (χ4n) is 8.79. The lowest BCUT2D eigenvalue weighted by molar-refractivity contribution is 0.590. The molecule has 0 saturated heterocycles. The van der Waals surface area contributed by atoms with Crippen molar-refractivity contribution in [3.63, 3.8) is 0 Å². The van der Waals surface area contributed by atoms with E-state index >= 15 is 0 Å². The number of hydrogen-bond donors (Lipinski definition) is 0. The number of rotatable bonds is 3. The van der Waals surface area contributed by atoms with Gasteiger partial charge in [-0.15, -0.1) is 0 Å². The van der Waals surface area contributed by atoms with E-state index in [2.05, 4.69) is 154 Å². The van der Waals surface area contributed by atoms with E-state index in [9.17, 15) is 0 Å². The first-order chi connectivity index (χ1) is 20.6. The third-order valence-corrected chi connectivity index (χ3v) is 14.9. The van der Waals surface area contributed by atoms with Crippen molar-refractivity contribution in [1.82, 2.24) is 0 Å². The van der Waals surface area contributed by atoms with E-state index < -0.39 is 8.07 Å². The predicted molar refractivity (Wildman–Crippen MR) is 195 cm³/mol. The molecule has 0 fully saturated rings. The van der Waals surface area contributed by atoms with Crippen LogP contribution in [0.15, 0.2) is 90.0 Å². The van der Waals surface area contributed by atoms with Crippen LogP contribution in [0.3, 0.4) is 0 Å². The zero-order chi connectivity index (χ0) is 31.5. The van der Waals surface area contributed by atoms with Gasteiger partial charge < -0.3 is 0 Å². The maximum absolute atomic E-state index is 2.59. The van der Waals surface area contributed by atoms with Crippen molar-refractivity contribution in [3.05, 3.63) is 123 Å². The molecule has 2 aliphatic carbocycles. The Kier molecular flexibility index (Phi) is 6.35. The summed E-state index contributed by atoms with van der Waals surface area (Å²) in [5.41, 5.74) is 19.5. The molecule has 7 rings (SSSR count). The summed E-state index contributed by atoms with van der Waals surface area (Å²) in [6.45, 7) is 26.2. The van der Waals surface area contributed by atoms with Crippen molar-refractivity contribution in [2.75, 3.05) is 0 Å². The lowest BCUT2D eigenvalue weighted by atomic mass is 9.77. The van der Waals surface area contributed by atoms with Gasteiger partial charge in [-0.3, -0.25) is 0 Å². The van der Waals surface area contributed by atoms with Crippen molar-refractivity contribution in [1.29, 1.82) is 0 Å². The Morgan fingerprint density at radius 1 is 0.523 bits per heavy atom. The van der Waals surface area contributed by atoms with Crippen LogP contribution in [0.4, 0.5) is 0 Å². The smallest absolute Gasteiger partial charge is 0.0646 e. The first-order valence-corrected chi connectivity index (χ1v) is 19.5. The van der Waals surface area contributed by atoms with E-state index in [4.69, 9.17) is 0 Å². The lowest BCUT2D eigenvalue weighted by Crippen LogP contribution is -2.39. The minimum absolute atomic E-state index is 0.154. The summed E-state index contributed by atoms with van der Waals surface area (Å²) in [5, 5.41) is 3.32. The second-order valence-corrected chi connectivity index (χ2v) is 20.6. The van der Waals surface area contributed by atoms with Gasteiger partial charge >= 0.3 is 0 Å². The summed E-state index contributed by atoms with van der Waals surface area (Å²) in [6.07, 6.45) is 0. The van der Waals surface area contributed by atoms with Gasteiger partial charge in [0.25, 0.3) is 0 Å². The van der Waals surface area contributed by atoms with Crippen molar-refractivity contribution in [2.45, 2.75) is 98.1 Å². The predicted octanol–water partition coefficient (Wildman–Crippen LogP) is 11.5. The summed E-state index contributed by atoms with van der Waals surface area (Å²) >= 11 is 0. The molecular weight excluding hydrogens is 545 g/mol. The van der Waals surface area contributed by atoms with Gasteiger partial charge in [0.05, 0.1) is 0 Å². The molecule has 2 bridgehead atoms. The average Bonchev–Trinajstić information content (AvgIpc) is 3.46. The summed E-state index contributed by atoms with van der Waals surface area (Å²) in [7, 11) is -1.83. The summed E-state index contributed by atoms with van der Waals surface area (Å²) < 4.78 is 0. The average molecular weight is 593 g/mol. The molecule has 44 heavy (non-hydrogen) atoms. The molecule has 1 heteroatoms. The van der Waals surface area contributed by atoms with Crippen LogP contribution >= 0.6 is 0 Å². The van der Waals surface area contributed by atoms with Gasteiger partial charge in [0.15, 0.2) is 0 Å². The van der Waals surface area contributed by atoms with Crippen LogP contribution < -0.4 is 5.19 Å². The third kappa shape index (κ3) is 4.08. The normalized spacial score (nSPS) is 20.2. The molecule has 4 aromatic rings. The van der Waals surface area contributed by atoms with Gasteiger partial charge in [-0.25, -0.2) is 0 Å². The van der Waals surface area contributed by atoms with E-state index in [-0.39, 0.29) is 10.8 Å². The van der Waals surface area contributed by atoms with Crippen molar-refractivity contribution >= 4 is 24.0 Å². The summed E-state index contributed by atoms with van der Waals surface area (Å²) in [6, 6.07) is 30.9. The topological polar surface area (TPSA) is 0 Å². The molecule has 2 atom stereocenters. The van der Waals surface area contributed by atoms with Gasteiger partial charge in [0.2, 0.25) is 0 Å². The molecule has 1 heterocycles. The minimum Gasteiger partial charge on any atom is -0.0646 e. The standard InChI is InChI=1S/C43H48Si/c1-25-26(2)37(33-14-12-13-32(36(25)33)28-15-19-30(20-16-28)42(4,5)6)38-27(3)41-40-34(38)23-24-35(44(41,10)11)39(40)29-17-21-31(22-18-29)43(7,8)9/h12-24,37-38H,1-11H3. The van der Waals surface area contributed by atoms with Crippen LogP contribution in [-0.4, -0.2) is 8.07 Å². The van der Waals surface area contributed by atoms with Crippen LogP contribution in [0.5, 0.6) is 0 Å². The van der Waals surface area contributed by atoms with Crippen LogP contribution in [0.1, 0.15) is 108 Å². The van der Waals surface area contributed by atoms with Crippen molar-refractivity contribution < 1.29 is 0 Å². The van der Waals surface area contributed by atoms with Crippen LogP contribution in [0.25, 0.3) is 33.0 Å². The zero-order valence-corrected chi connectivity index (χ0v) is 29.7. The molecule has 2 unspecified atom stereocenters. The maximum Gasteiger partial charge on any atom is 0.113 e. The zero-order valence-electron chi connectivity index (χ0n) is 28.7. The minimum atomic E-state index is -1.83. The van der Waals surface area contributed by atoms with E-state index in [1.807, 2.05) is 0 Å². The fraction of sp³-hybridized carbons (Fsp3) is 0.349. The van der Waals surface area contributed by atoms with Crippen LogP contribution in [0, 0.1) is 0 Å². The number of fused-ring (bicyclic) bond motifs is 2. The molecule has 0 spiro atoms. The third-order valence-electron chi connectivity index (χ3n) is 11.3. The van der Waals surface area contributed by atoms with Gasteiger partial charge in [-0.1, -0.05) is 145 Å². The highest BCUT2D eigenvalue weighted by atomic mass is 28.3. The fourth-order valence-corrected chi connectivity index (χ4v) is 12.5. The monoisotopic (exact) mass is 592 g/mol. The maximum atomic E-state index is 2.59. The van der Waals surface area contributed by atoms with Crippen LogP contribution in [-0.2, 0) is 10.8 Å². The van der Waals surface area contributed by atoms with Gasteiger partial charge in [-0.2, -0.15) is 0 Å². The Morgan fingerprint density at radius 3 is 1.61 bits per heavy atom. The number of hydrogen-bond acceptors (Lipinski definition) is 0. The van der Waals surface area contributed by atoms with E-state index in [0.29, 0.717) is 11.8 Å². The quantitative estimate of drug-likeness (QED) is 0.208. The largest absolute Gasteiger partial charge is 0.113 e. The molecule has 224 valence electrons. The Morgan fingerprint density at radius 2 is 1.05 bits per heavy atom. The first kappa shape index (κ1) is 29.3. The Labute approximate surface area is 267 Å². The van der Waals surface area contributed by atoms with E-state index in [1.165, 1.54) is 55.7 Å². The number of allylic oxidation sites excluding steroid dienone is 3. The molecule has 0 N–H and O–H groups in total. The highest BCUT2D eigenvalue weighted by Gasteiger charge is 2.50. The highest BCUT2D eigenvalue weighted by Crippen LogP contribution is 2.61. The molecule has 3 aliphatic rings. The van der Waals surface area contributed by atoms with Gasteiger partial charge in [0.1, 0.15) is 8.07 Å². The van der Waals surface area contributed by atoms with E-state index in [0.717, 1.165) is 0 Å². The summed E-state index contributed by atoms with van der Waals surface area (Å²) in [4.78, 5) is 0. The van der Waals surface area contributed by atoms with E-state index in [1.54, 1.807) is 27.1 Å². The highest BCUT2D eigenvalue weighted by molar-refractivity contribution is 7.07. The second-order valence-electron chi connectivity index (χ2n) is 16.3. The molecule has 0 saturated carbocycles. The lowest BCUT2D eigenvalue weighted by Gasteiger charge is -2.29. The molecule has 0 radical (unpaired) electrons. The number of benzene rings is 4.